The van der Waals surface area contributed by atoms with Gasteiger partial charge in [0.1, 0.15) is 0 Å². The van der Waals surface area contributed by atoms with Crippen LogP contribution in [0.4, 0.5) is 0 Å². The van der Waals surface area contributed by atoms with Crippen molar-refractivity contribution in [1.82, 2.24) is 0 Å². The van der Waals surface area contributed by atoms with Crippen molar-refractivity contribution in [3.8, 4) is 0 Å². The molecule has 0 N–H and O–H groups in total. The lowest BCUT2D eigenvalue weighted by atomic mass is 9.98. The second-order valence-corrected chi connectivity index (χ2v) is 3.87. The zero-order valence-corrected chi connectivity index (χ0v) is 7.31. The molecule has 0 amide bonds. The van der Waals surface area contributed by atoms with Crippen molar-refractivity contribution in [1.29, 1.82) is 0 Å². The number of halogens is 1. The average molecular weight is 222 g/mol. The van der Waals surface area contributed by atoms with E-state index in [1.54, 1.807) is 3.58 Å². The summed E-state index contributed by atoms with van der Waals surface area (Å²) in [5.41, 5.74) is 0. The standard InChI is InChI=1S/C7H11I/c1-6-3-2-4-7(8)5-6/h5-6H,2-4H2,1H3. The van der Waals surface area contributed by atoms with E-state index in [-0.39, 0.29) is 0 Å². The lowest BCUT2D eigenvalue weighted by Gasteiger charge is -2.12. The van der Waals surface area contributed by atoms with E-state index in [1.807, 2.05) is 0 Å². The quantitative estimate of drug-likeness (QED) is 0.552. The van der Waals surface area contributed by atoms with Crippen LogP contribution in [0, 0.1) is 5.92 Å². The van der Waals surface area contributed by atoms with Gasteiger partial charge >= 0.3 is 0 Å². The van der Waals surface area contributed by atoms with Crippen LogP contribution in [-0.2, 0) is 0 Å². The summed E-state index contributed by atoms with van der Waals surface area (Å²) < 4.78 is 1.56. The van der Waals surface area contributed by atoms with Gasteiger partial charge < -0.3 is 0 Å². The van der Waals surface area contributed by atoms with Crippen molar-refractivity contribution in [3.05, 3.63) is 9.66 Å². The Balaban J connectivity index is 2.50. The summed E-state index contributed by atoms with van der Waals surface area (Å²) in [5.74, 6) is 0.843. The predicted octanol–water partition coefficient (Wildman–Crippen LogP) is 3.13. The van der Waals surface area contributed by atoms with E-state index in [0.29, 0.717) is 0 Å². The van der Waals surface area contributed by atoms with Crippen molar-refractivity contribution >= 4 is 22.6 Å². The third-order valence-electron chi connectivity index (χ3n) is 1.54. The first kappa shape index (κ1) is 6.59. The minimum Gasteiger partial charge on any atom is -0.0724 e. The van der Waals surface area contributed by atoms with Gasteiger partial charge in [0.2, 0.25) is 0 Å². The molecule has 0 aromatic heterocycles. The molecule has 0 fully saturated rings. The third-order valence-corrected chi connectivity index (χ3v) is 2.44. The van der Waals surface area contributed by atoms with Gasteiger partial charge in [-0.25, -0.2) is 0 Å². The van der Waals surface area contributed by atoms with Crippen molar-refractivity contribution < 1.29 is 0 Å². The van der Waals surface area contributed by atoms with Gasteiger partial charge in [0.25, 0.3) is 0 Å². The topological polar surface area (TPSA) is 0 Å². The lowest BCUT2D eigenvalue weighted by molar-refractivity contribution is 0.583. The monoisotopic (exact) mass is 222 g/mol. The van der Waals surface area contributed by atoms with Crippen LogP contribution in [0.3, 0.4) is 0 Å². The van der Waals surface area contributed by atoms with Crippen LogP contribution in [0.1, 0.15) is 26.2 Å². The molecule has 1 unspecified atom stereocenters. The van der Waals surface area contributed by atoms with Crippen LogP contribution < -0.4 is 0 Å². The lowest BCUT2D eigenvalue weighted by Crippen LogP contribution is -1.96. The molecule has 1 heteroatoms. The van der Waals surface area contributed by atoms with E-state index >= 15 is 0 Å². The van der Waals surface area contributed by atoms with E-state index in [4.69, 9.17) is 0 Å². The number of rotatable bonds is 0. The average Bonchev–Trinajstić information content (AvgIpc) is 1.64. The number of hydrogen-bond donors (Lipinski definition) is 0. The Morgan fingerprint density at radius 1 is 1.75 bits per heavy atom. The van der Waals surface area contributed by atoms with Gasteiger partial charge in [-0.1, -0.05) is 13.0 Å². The highest BCUT2D eigenvalue weighted by Gasteiger charge is 2.05. The van der Waals surface area contributed by atoms with E-state index in [9.17, 15) is 0 Å². The first-order valence-electron chi connectivity index (χ1n) is 3.15. The van der Waals surface area contributed by atoms with E-state index < -0.39 is 0 Å². The minimum atomic E-state index is 0.843. The highest BCUT2D eigenvalue weighted by Crippen LogP contribution is 2.25. The smallest absolute Gasteiger partial charge is 0.0131 e. The van der Waals surface area contributed by atoms with E-state index in [0.717, 1.165) is 5.92 Å². The molecule has 0 aliphatic heterocycles. The van der Waals surface area contributed by atoms with Crippen LogP contribution in [-0.4, -0.2) is 0 Å². The maximum atomic E-state index is 2.43. The third kappa shape index (κ3) is 1.77. The second-order valence-electron chi connectivity index (χ2n) is 2.48. The van der Waals surface area contributed by atoms with Crippen LogP contribution in [0.2, 0.25) is 0 Å². The van der Waals surface area contributed by atoms with Gasteiger partial charge in [0.05, 0.1) is 0 Å². The molecule has 1 aliphatic carbocycles. The fourth-order valence-corrected chi connectivity index (χ4v) is 2.06. The molecular weight excluding hydrogens is 211 g/mol. The largest absolute Gasteiger partial charge is 0.0724 e. The molecule has 1 atom stereocenters. The number of hydrogen-bond acceptors (Lipinski definition) is 0. The van der Waals surface area contributed by atoms with Gasteiger partial charge in [-0.15, -0.1) is 0 Å². The molecule has 1 rings (SSSR count). The molecule has 0 bridgehead atoms. The van der Waals surface area contributed by atoms with Crippen molar-refractivity contribution in [2.24, 2.45) is 5.92 Å². The van der Waals surface area contributed by atoms with Crippen LogP contribution in [0.5, 0.6) is 0 Å². The summed E-state index contributed by atoms with van der Waals surface area (Å²) in [6.07, 6.45) is 6.50. The summed E-state index contributed by atoms with van der Waals surface area (Å²) in [6, 6.07) is 0. The summed E-state index contributed by atoms with van der Waals surface area (Å²) in [4.78, 5) is 0. The Morgan fingerprint density at radius 2 is 2.50 bits per heavy atom. The van der Waals surface area contributed by atoms with Gasteiger partial charge in [-0.3, -0.25) is 0 Å². The maximum Gasteiger partial charge on any atom is -0.0131 e. The molecule has 0 saturated heterocycles. The van der Waals surface area contributed by atoms with Crippen molar-refractivity contribution in [2.75, 3.05) is 0 Å². The Kier molecular flexibility index (Phi) is 2.35. The minimum absolute atomic E-state index is 0.843. The predicted molar refractivity (Wildman–Crippen MR) is 45.1 cm³/mol. The zero-order valence-electron chi connectivity index (χ0n) is 5.15. The Morgan fingerprint density at radius 3 is 2.88 bits per heavy atom. The normalized spacial score (nSPS) is 29.8. The van der Waals surface area contributed by atoms with E-state index in [1.165, 1.54) is 19.3 Å². The summed E-state index contributed by atoms with van der Waals surface area (Å²) >= 11 is 2.43. The summed E-state index contributed by atoms with van der Waals surface area (Å²) in [5, 5.41) is 0. The molecule has 8 heavy (non-hydrogen) atoms. The fourth-order valence-electron chi connectivity index (χ4n) is 1.07. The molecule has 1 aliphatic rings. The van der Waals surface area contributed by atoms with Gasteiger partial charge in [0.15, 0.2) is 0 Å². The Labute approximate surface area is 64.5 Å². The first-order valence-corrected chi connectivity index (χ1v) is 4.23. The molecule has 0 nitrogen and oxygen atoms in total. The molecular formula is C7H11I. The highest BCUT2D eigenvalue weighted by molar-refractivity contribution is 14.1. The first-order chi connectivity index (χ1) is 3.79. The van der Waals surface area contributed by atoms with Crippen LogP contribution in [0.15, 0.2) is 9.66 Å². The van der Waals surface area contributed by atoms with Crippen LogP contribution in [0.25, 0.3) is 0 Å². The maximum absolute atomic E-state index is 2.43. The second kappa shape index (κ2) is 2.85. The molecule has 46 valence electrons. The van der Waals surface area contributed by atoms with Crippen molar-refractivity contribution in [2.45, 2.75) is 26.2 Å². The van der Waals surface area contributed by atoms with Crippen molar-refractivity contribution in [3.63, 3.8) is 0 Å². The molecule has 0 saturated carbocycles. The molecule has 0 aromatic carbocycles. The molecule has 0 spiro atoms. The Bertz CT molecular complexity index is 105. The van der Waals surface area contributed by atoms with Gasteiger partial charge in [-0.2, -0.15) is 0 Å². The van der Waals surface area contributed by atoms with Crippen LogP contribution >= 0.6 is 22.6 Å². The zero-order chi connectivity index (χ0) is 5.98. The number of allylic oxidation sites excluding steroid dienone is 2. The molecule has 0 radical (unpaired) electrons. The van der Waals surface area contributed by atoms with Gasteiger partial charge in [0, 0.05) is 0 Å². The SMILES string of the molecule is CC1C=C(I)CCC1. The fraction of sp³-hybridized carbons (Fsp3) is 0.714. The summed E-state index contributed by atoms with van der Waals surface area (Å²) in [7, 11) is 0. The molecule has 0 heterocycles. The van der Waals surface area contributed by atoms with E-state index in [2.05, 4.69) is 35.6 Å². The van der Waals surface area contributed by atoms with Gasteiger partial charge in [-0.05, 0) is 51.4 Å². The molecule has 0 aromatic rings. The summed E-state index contributed by atoms with van der Waals surface area (Å²) in [6.45, 7) is 2.29. The Hall–Kier alpha value is 0.470. The highest BCUT2D eigenvalue weighted by atomic mass is 127.